The monoisotopic (exact) mass is 335 g/mol. The summed E-state index contributed by atoms with van der Waals surface area (Å²) in [5.74, 6) is 2.31. The number of aryl methyl sites for hydroxylation is 2. The smallest absolute Gasteiger partial charge is 0.183 e. The van der Waals surface area contributed by atoms with Crippen molar-refractivity contribution in [3.05, 3.63) is 40.8 Å². The number of fused-ring (bicyclic) bond motifs is 5. The molecule has 4 aromatic rings. The van der Waals surface area contributed by atoms with Gasteiger partial charge in [-0.25, -0.2) is 9.97 Å². The molecule has 120 valence electrons. The maximum absolute atomic E-state index is 4.86. The molecule has 0 aliphatic heterocycles. The third kappa shape index (κ3) is 1.99. The highest BCUT2D eigenvalue weighted by atomic mass is 32.1. The summed E-state index contributed by atoms with van der Waals surface area (Å²) in [7, 11) is 0. The second-order valence-electron chi connectivity index (χ2n) is 6.60. The van der Waals surface area contributed by atoms with Crippen molar-refractivity contribution in [2.75, 3.05) is 0 Å². The van der Waals surface area contributed by atoms with Crippen molar-refractivity contribution in [2.24, 2.45) is 5.92 Å². The molecule has 5 rings (SSSR count). The topological polar surface area (TPSA) is 56.0 Å². The van der Waals surface area contributed by atoms with Gasteiger partial charge in [0, 0.05) is 22.8 Å². The molecule has 4 heterocycles. The maximum Gasteiger partial charge on any atom is 0.183 e. The molecule has 1 aliphatic rings. The first kappa shape index (κ1) is 14.0. The molecule has 0 radical (unpaired) electrons. The Morgan fingerprint density at radius 2 is 2.21 bits per heavy atom. The van der Waals surface area contributed by atoms with Crippen LogP contribution in [0.1, 0.15) is 29.6 Å². The standard InChI is InChI=1S/C18H17N5S/c1-10-5-6-14-13(8-10)15-17-21-16(12-4-3-7-19-9-12)22-23(17)11(2)20-18(15)24-14/h3-4,7,9-10H,5-6,8H2,1-2H3/t10-/m0/s1. The molecular weight excluding hydrogens is 318 g/mol. The lowest BCUT2D eigenvalue weighted by Gasteiger charge is -2.17. The number of pyridine rings is 1. The average molecular weight is 335 g/mol. The summed E-state index contributed by atoms with van der Waals surface area (Å²) in [6.45, 7) is 4.33. The van der Waals surface area contributed by atoms with Crippen LogP contribution in [0.25, 0.3) is 27.3 Å². The van der Waals surface area contributed by atoms with Gasteiger partial charge in [0.1, 0.15) is 10.7 Å². The number of hydrogen-bond acceptors (Lipinski definition) is 5. The Balaban J connectivity index is 1.83. The van der Waals surface area contributed by atoms with Crippen molar-refractivity contribution in [3.63, 3.8) is 0 Å². The van der Waals surface area contributed by atoms with Gasteiger partial charge in [0.25, 0.3) is 0 Å². The Hall–Kier alpha value is -2.34. The van der Waals surface area contributed by atoms with E-state index in [0.29, 0.717) is 5.82 Å². The molecular formula is C18H17N5S. The Labute approximate surface area is 143 Å². The number of nitrogens with zero attached hydrogens (tertiary/aromatic N) is 5. The second kappa shape index (κ2) is 5.08. The van der Waals surface area contributed by atoms with Gasteiger partial charge < -0.3 is 0 Å². The zero-order chi connectivity index (χ0) is 16.3. The van der Waals surface area contributed by atoms with E-state index in [4.69, 9.17) is 9.97 Å². The third-order valence-corrected chi connectivity index (χ3v) is 5.99. The first-order chi connectivity index (χ1) is 11.7. The van der Waals surface area contributed by atoms with Gasteiger partial charge in [0.05, 0.1) is 5.39 Å². The summed E-state index contributed by atoms with van der Waals surface area (Å²) < 4.78 is 1.89. The van der Waals surface area contributed by atoms with E-state index >= 15 is 0 Å². The zero-order valence-electron chi connectivity index (χ0n) is 13.7. The van der Waals surface area contributed by atoms with Gasteiger partial charge in [0.2, 0.25) is 0 Å². The molecule has 6 heteroatoms. The predicted molar refractivity (Wildman–Crippen MR) is 95.3 cm³/mol. The number of hydrogen-bond donors (Lipinski definition) is 0. The molecule has 0 N–H and O–H groups in total. The minimum atomic E-state index is 0.712. The quantitative estimate of drug-likeness (QED) is 0.530. The van der Waals surface area contributed by atoms with E-state index in [0.717, 1.165) is 40.6 Å². The van der Waals surface area contributed by atoms with E-state index in [-0.39, 0.29) is 0 Å². The van der Waals surface area contributed by atoms with Crippen LogP contribution in [0.3, 0.4) is 0 Å². The minimum absolute atomic E-state index is 0.712. The van der Waals surface area contributed by atoms with Crippen LogP contribution in [0, 0.1) is 12.8 Å². The molecule has 0 saturated heterocycles. The molecule has 1 aliphatic carbocycles. The van der Waals surface area contributed by atoms with Crippen molar-refractivity contribution in [1.82, 2.24) is 24.6 Å². The lowest BCUT2D eigenvalue weighted by Crippen LogP contribution is -2.09. The first-order valence-electron chi connectivity index (χ1n) is 8.28. The summed E-state index contributed by atoms with van der Waals surface area (Å²) >= 11 is 1.83. The number of aromatic nitrogens is 5. The molecule has 24 heavy (non-hydrogen) atoms. The van der Waals surface area contributed by atoms with Crippen molar-refractivity contribution in [1.29, 1.82) is 0 Å². The molecule has 0 fully saturated rings. The summed E-state index contributed by atoms with van der Waals surface area (Å²) in [5.41, 5.74) is 3.31. The van der Waals surface area contributed by atoms with Crippen molar-refractivity contribution < 1.29 is 0 Å². The number of rotatable bonds is 1. The third-order valence-electron chi connectivity index (χ3n) is 4.81. The van der Waals surface area contributed by atoms with Gasteiger partial charge in [-0.05, 0) is 49.8 Å². The van der Waals surface area contributed by atoms with Crippen LogP contribution in [0.5, 0.6) is 0 Å². The van der Waals surface area contributed by atoms with Crippen LogP contribution in [0.4, 0.5) is 0 Å². The highest BCUT2D eigenvalue weighted by molar-refractivity contribution is 7.19. The predicted octanol–water partition coefficient (Wildman–Crippen LogP) is 3.83. The van der Waals surface area contributed by atoms with Gasteiger partial charge in [-0.2, -0.15) is 4.52 Å². The fourth-order valence-electron chi connectivity index (χ4n) is 3.56. The van der Waals surface area contributed by atoms with E-state index in [9.17, 15) is 0 Å². The van der Waals surface area contributed by atoms with Crippen LogP contribution < -0.4 is 0 Å². The molecule has 0 amide bonds. The molecule has 5 nitrogen and oxygen atoms in total. The average Bonchev–Trinajstić information content (AvgIpc) is 3.17. The molecule has 0 aromatic carbocycles. The SMILES string of the molecule is Cc1nc2sc3c(c2c2nc(-c4cccnc4)nn12)C[C@@H](C)CC3. The van der Waals surface area contributed by atoms with Crippen LogP contribution >= 0.6 is 11.3 Å². The van der Waals surface area contributed by atoms with E-state index < -0.39 is 0 Å². The fourth-order valence-corrected chi connectivity index (χ4v) is 4.82. The second-order valence-corrected chi connectivity index (χ2v) is 7.69. The minimum Gasteiger partial charge on any atom is -0.264 e. The van der Waals surface area contributed by atoms with Gasteiger partial charge >= 0.3 is 0 Å². The van der Waals surface area contributed by atoms with Gasteiger partial charge in [-0.1, -0.05) is 6.92 Å². The molecule has 0 bridgehead atoms. The normalized spacial score (nSPS) is 17.5. The van der Waals surface area contributed by atoms with Crippen molar-refractivity contribution in [2.45, 2.75) is 33.1 Å². The molecule has 0 unspecified atom stereocenters. The summed E-state index contributed by atoms with van der Waals surface area (Å²) in [5, 5.41) is 5.89. The first-order valence-corrected chi connectivity index (χ1v) is 9.10. The molecule has 0 saturated carbocycles. The Morgan fingerprint density at radius 1 is 1.29 bits per heavy atom. The lowest BCUT2D eigenvalue weighted by atomic mass is 9.89. The van der Waals surface area contributed by atoms with Gasteiger partial charge in [0.15, 0.2) is 11.5 Å². The Morgan fingerprint density at radius 3 is 3.04 bits per heavy atom. The Bertz CT molecular complexity index is 1060. The lowest BCUT2D eigenvalue weighted by molar-refractivity contribution is 0.508. The van der Waals surface area contributed by atoms with Crippen LogP contribution in [-0.2, 0) is 12.8 Å². The molecule has 4 aromatic heterocycles. The molecule has 1 atom stereocenters. The van der Waals surface area contributed by atoms with Crippen LogP contribution in [0.2, 0.25) is 0 Å². The van der Waals surface area contributed by atoms with E-state index in [1.807, 2.05) is 34.9 Å². The van der Waals surface area contributed by atoms with Crippen molar-refractivity contribution in [3.8, 4) is 11.4 Å². The largest absolute Gasteiger partial charge is 0.264 e. The maximum atomic E-state index is 4.86. The summed E-state index contributed by atoms with van der Waals surface area (Å²) in [4.78, 5) is 16.4. The van der Waals surface area contributed by atoms with Gasteiger partial charge in [-0.15, -0.1) is 16.4 Å². The van der Waals surface area contributed by atoms with E-state index in [1.165, 1.54) is 22.2 Å². The van der Waals surface area contributed by atoms with Crippen LogP contribution in [0.15, 0.2) is 24.5 Å². The molecule has 0 spiro atoms. The van der Waals surface area contributed by atoms with E-state index in [1.54, 1.807) is 12.4 Å². The van der Waals surface area contributed by atoms with E-state index in [2.05, 4.69) is 17.0 Å². The van der Waals surface area contributed by atoms with Gasteiger partial charge in [-0.3, -0.25) is 4.98 Å². The fraction of sp³-hybridized carbons (Fsp3) is 0.333. The summed E-state index contributed by atoms with van der Waals surface area (Å²) in [6.07, 6.45) is 7.11. The number of thiophene rings is 1. The van der Waals surface area contributed by atoms with Crippen LogP contribution in [-0.4, -0.2) is 24.6 Å². The summed E-state index contributed by atoms with van der Waals surface area (Å²) in [6, 6.07) is 3.91. The Kier molecular flexibility index (Phi) is 2.97. The highest BCUT2D eigenvalue weighted by Crippen LogP contribution is 2.39. The van der Waals surface area contributed by atoms with Crippen molar-refractivity contribution >= 4 is 27.2 Å². The highest BCUT2D eigenvalue weighted by Gasteiger charge is 2.24. The zero-order valence-corrected chi connectivity index (χ0v) is 14.5.